The number of carbonyl (C=O) groups excluding carboxylic acids is 2. The van der Waals surface area contributed by atoms with Crippen LogP contribution in [0.3, 0.4) is 0 Å². The number of hydrogen-bond donors (Lipinski definition) is 2. The summed E-state index contributed by atoms with van der Waals surface area (Å²) >= 11 is 0. The number of alkyl halides is 3. The molecular weight excluding hydrogens is 377 g/mol. The number of nitrogens with one attached hydrogen (secondary N) is 2. The fourth-order valence-electron chi connectivity index (χ4n) is 2.94. The van der Waals surface area contributed by atoms with Crippen LogP contribution in [0.1, 0.15) is 13.8 Å². The Balaban J connectivity index is 1.76. The summed E-state index contributed by atoms with van der Waals surface area (Å²) in [5.41, 5.74) is 0.392. The van der Waals surface area contributed by atoms with Crippen molar-refractivity contribution in [3.05, 3.63) is 24.3 Å². The molecule has 10 heteroatoms. The molecule has 1 aromatic carbocycles. The van der Waals surface area contributed by atoms with E-state index in [9.17, 15) is 22.8 Å². The van der Waals surface area contributed by atoms with Crippen LogP contribution in [-0.4, -0.2) is 73.3 Å². The first-order valence-electron chi connectivity index (χ1n) is 9.07. The first-order chi connectivity index (χ1) is 13.2. The Morgan fingerprint density at radius 3 is 2.29 bits per heavy atom. The van der Waals surface area contributed by atoms with Crippen molar-refractivity contribution >= 4 is 17.5 Å². The summed E-state index contributed by atoms with van der Waals surface area (Å²) in [5, 5.41) is 5.45. The monoisotopic (exact) mass is 402 g/mol. The number of hydrogen-bond acceptors (Lipinski definition) is 5. The van der Waals surface area contributed by atoms with Crippen molar-refractivity contribution in [2.75, 3.05) is 44.6 Å². The standard InChI is InChI=1S/C18H25F3N4O3/c1-3-22-17(27)13(2)25-10-8-24(9-11-25)12-16(26)23-14-4-6-15(7-5-14)28-18(19,20)21/h4-7,13H,3,8-12H2,1-2H3,(H,22,27)(H,23,26)/t13-/m1/s1. The maximum atomic E-state index is 12.2. The van der Waals surface area contributed by atoms with Crippen molar-refractivity contribution in [2.24, 2.45) is 0 Å². The molecule has 7 nitrogen and oxygen atoms in total. The number of benzene rings is 1. The Labute approximate surface area is 161 Å². The normalized spacial score (nSPS) is 17.0. The van der Waals surface area contributed by atoms with Gasteiger partial charge >= 0.3 is 6.36 Å². The summed E-state index contributed by atoms with van der Waals surface area (Å²) in [6, 6.07) is 4.78. The molecule has 2 N–H and O–H groups in total. The van der Waals surface area contributed by atoms with Gasteiger partial charge in [-0.25, -0.2) is 0 Å². The average Bonchev–Trinajstić information content (AvgIpc) is 2.62. The molecule has 28 heavy (non-hydrogen) atoms. The van der Waals surface area contributed by atoms with Gasteiger partial charge in [0, 0.05) is 38.4 Å². The molecule has 1 saturated heterocycles. The summed E-state index contributed by atoms with van der Waals surface area (Å²) in [6.45, 7) is 7.14. The molecule has 0 aliphatic carbocycles. The highest BCUT2D eigenvalue weighted by atomic mass is 19.4. The van der Waals surface area contributed by atoms with Crippen LogP contribution in [0.15, 0.2) is 24.3 Å². The summed E-state index contributed by atoms with van der Waals surface area (Å²) in [7, 11) is 0. The molecule has 0 bridgehead atoms. The molecule has 2 amide bonds. The molecule has 156 valence electrons. The summed E-state index contributed by atoms with van der Waals surface area (Å²) in [6.07, 6.45) is -4.75. The van der Waals surface area contributed by atoms with Crippen molar-refractivity contribution < 1.29 is 27.5 Å². The van der Waals surface area contributed by atoms with Gasteiger partial charge in [0.25, 0.3) is 0 Å². The van der Waals surface area contributed by atoms with Crippen molar-refractivity contribution in [1.29, 1.82) is 0 Å². The van der Waals surface area contributed by atoms with Crippen molar-refractivity contribution in [2.45, 2.75) is 26.3 Å². The zero-order chi connectivity index (χ0) is 20.7. The van der Waals surface area contributed by atoms with Gasteiger partial charge in [-0.3, -0.25) is 19.4 Å². The van der Waals surface area contributed by atoms with E-state index in [2.05, 4.69) is 20.3 Å². The third kappa shape index (κ3) is 7.01. The van der Waals surface area contributed by atoms with Crippen LogP contribution in [-0.2, 0) is 9.59 Å². The number of ether oxygens (including phenoxy) is 1. The van der Waals surface area contributed by atoms with E-state index >= 15 is 0 Å². The van der Waals surface area contributed by atoms with Crippen molar-refractivity contribution in [3.63, 3.8) is 0 Å². The van der Waals surface area contributed by atoms with E-state index < -0.39 is 6.36 Å². The quantitative estimate of drug-likeness (QED) is 0.726. The van der Waals surface area contributed by atoms with Gasteiger partial charge in [-0.05, 0) is 38.1 Å². The van der Waals surface area contributed by atoms with Gasteiger partial charge in [-0.15, -0.1) is 13.2 Å². The molecule has 1 atom stereocenters. The zero-order valence-corrected chi connectivity index (χ0v) is 15.9. The molecular formula is C18H25F3N4O3. The number of piperazine rings is 1. The SMILES string of the molecule is CCNC(=O)[C@@H](C)N1CCN(CC(=O)Nc2ccc(OC(F)(F)F)cc2)CC1. The molecule has 1 heterocycles. The van der Waals surface area contributed by atoms with Crippen LogP contribution in [0.4, 0.5) is 18.9 Å². The average molecular weight is 402 g/mol. The number of nitrogens with zero attached hydrogens (tertiary/aromatic N) is 2. The van der Waals surface area contributed by atoms with E-state index in [1.54, 1.807) is 0 Å². The molecule has 0 radical (unpaired) electrons. The fraction of sp³-hybridized carbons (Fsp3) is 0.556. The molecule has 0 saturated carbocycles. The van der Waals surface area contributed by atoms with Crippen LogP contribution in [0.5, 0.6) is 5.75 Å². The van der Waals surface area contributed by atoms with E-state index in [4.69, 9.17) is 0 Å². The molecule has 0 unspecified atom stereocenters. The second-order valence-electron chi connectivity index (χ2n) is 6.50. The fourth-order valence-corrected chi connectivity index (χ4v) is 2.94. The molecule has 1 aliphatic heterocycles. The maximum absolute atomic E-state index is 12.2. The van der Waals surface area contributed by atoms with Crippen molar-refractivity contribution in [1.82, 2.24) is 15.1 Å². The second-order valence-corrected chi connectivity index (χ2v) is 6.50. The summed E-state index contributed by atoms with van der Waals surface area (Å²) < 4.78 is 40.2. The van der Waals surface area contributed by atoms with Crippen LogP contribution in [0.2, 0.25) is 0 Å². The van der Waals surface area contributed by atoms with Gasteiger partial charge in [0.05, 0.1) is 12.6 Å². The lowest BCUT2D eigenvalue weighted by molar-refractivity contribution is -0.274. The lowest BCUT2D eigenvalue weighted by Gasteiger charge is -2.37. The number of carbonyl (C=O) groups is 2. The Morgan fingerprint density at radius 2 is 1.75 bits per heavy atom. The van der Waals surface area contributed by atoms with Gasteiger partial charge in [0.1, 0.15) is 5.75 Å². The summed E-state index contributed by atoms with van der Waals surface area (Å²) in [4.78, 5) is 28.1. The Bertz CT molecular complexity index is 659. The molecule has 0 aromatic heterocycles. The number of amides is 2. The molecule has 1 fully saturated rings. The first kappa shape index (κ1) is 22.0. The molecule has 1 aliphatic rings. The highest BCUT2D eigenvalue weighted by molar-refractivity contribution is 5.92. The van der Waals surface area contributed by atoms with Gasteiger partial charge in [0.15, 0.2) is 0 Å². The van der Waals surface area contributed by atoms with Crippen LogP contribution in [0.25, 0.3) is 0 Å². The van der Waals surface area contributed by atoms with E-state index in [1.165, 1.54) is 12.1 Å². The third-order valence-electron chi connectivity index (χ3n) is 4.42. The minimum Gasteiger partial charge on any atom is -0.406 e. The van der Waals surface area contributed by atoms with Crippen LogP contribution >= 0.6 is 0 Å². The van der Waals surface area contributed by atoms with Gasteiger partial charge < -0.3 is 15.4 Å². The highest BCUT2D eigenvalue weighted by Gasteiger charge is 2.31. The Kier molecular flexibility index (Phi) is 7.64. The first-order valence-corrected chi connectivity index (χ1v) is 9.07. The topological polar surface area (TPSA) is 73.9 Å². The number of anilines is 1. The number of likely N-dealkylation sites (N-methyl/N-ethyl adjacent to an activating group) is 1. The maximum Gasteiger partial charge on any atom is 0.573 e. The van der Waals surface area contributed by atoms with Crippen LogP contribution in [0, 0.1) is 0 Å². The van der Waals surface area contributed by atoms with Gasteiger partial charge in [-0.2, -0.15) is 0 Å². The number of rotatable bonds is 7. The second kappa shape index (κ2) is 9.74. The highest BCUT2D eigenvalue weighted by Crippen LogP contribution is 2.23. The van der Waals surface area contributed by atoms with E-state index in [1.807, 2.05) is 18.7 Å². The predicted octanol–water partition coefficient (Wildman–Crippen LogP) is 1.67. The minimum absolute atomic E-state index is 0.00774. The van der Waals surface area contributed by atoms with Gasteiger partial charge in [-0.1, -0.05) is 0 Å². The Hall–Kier alpha value is -2.33. The minimum atomic E-state index is -4.75. The van der Waals surface area contributed by atoms with Crippen LogP contribution < -0.4 is 15.4 Å². The molecule has 2 rings (SSSR count). The Morgan fingerprint density at radius 1 is 1.14 bits per heavy atom. The lowest BCUT2D eigenvalue weighted by atomic mass is 10.2. The van der Waals surface area contributed by atoms with Gasteiger partial charge in [0.2, 0.25) is 11.8 Å². The van der Waals surface area contributed by atoms with Crippen molar-refractivity contribution in [3.8, 4) is 5.75 Å². The summed E-state index contributed by atoms with van der Waals surface area (Å²) in [5.74, 6) is -0.607. The predicted molar refractivity (Wildman–Crippen MR) is 97.9 cm³/mol. The van der Waals surface area contributed by atoms with E-state index in [0.717, 1.165) is 12.1 Å². The smallest absolute Gasteiger partial charge is 0.406 e. The lowest BCUT2D eigenvalue weighted by Crippen LogP contribution is -2.54. The third-order valence-corrected chi connectivity index (χ3v) is 4.42. The molecule has 0 spiro atoms. The van der Waals surface area contributed by atoms with E-state index in [0.29, 0.717) is 38.4 Å². The number of halogens is 3. The largest absolute Gasteiger partial charge is 0.573 e. The molecule has 1 aromatic rings. The zero-order valence-electron chi connectivity index (χ0n) is 15.9. The van der Waals surface area contributed by atoms with E-state index in [-0.39, 0.29) is 30.2 Å².